The fourth-order valence-corrected chi connectivity index (χ4v) is 9.57. The largest absolute Gasteiger partial charge is 0.459 e. The number of rotatable bonds is 7. The molecule has 3 N–H and O–H groups in total. The first-order valence-corrected chi connectivity index (χ1v) is 21.3. The Morgan fingerprint density at radius 3 is 2.46 bits per heavy atom. The number of carbonyl (C=O) groups excluding carboxylic acids is 4. The molecule has 15 nitrogen and oxygen atoms in total. The maximum absolute atomic E-state index is 14.5. The van der Waals surface area contributed by atoms with E-state index in [9.17, 15) is 24.3 Å². The molecule has 3 saturated heterocycles. The highest BCUT2D eigenvalue weighted by molar-refractivity contribution is 6.32. The monoisotopic (exact) mass is 863 g/mol. The summed E-state index contributed by atoms with van der Waals surface area (Å²) in [5, 5.41) is 22.7. The molecule has 2 aromatic heterocycles. The van der Waals surface area contributed by atoms with Gasteiger partial charge in [-0.25, -0.2) is 9.78 Å². The smallest absolute Gasteiger partial charge is 0.316 e. The number of aliphatic hydroxyl groups is 1. The lowest BCUT2D eigenvalue weighted by molar-refractivity contribution is -0.296. The molecule has 0 radical (unpaired) electrons. The number of aromatic nitrogens is 2. The molecule has 0 bridgehead atoms. The van der Waals surface area contributed by atoms with E-state index >= 15 is 0 Å². The zero-order valence-electron chi connectivity index (χ0n) is 36.5. The Balaban J connectivity index is 1.37. The van der Waals surface area contributed by atoms with E-state index < -0.39 is 83.2 Å². The van der Waals surface area contributed by atoms with Gasteiger partial charge in [0.25, 0.3) is 0 Å². The number of likely N-dealkylation sites (N-methyl/N-ethyl adjacent to an activating group) is 1. The number of amides is 2. The molecule has 0 unspecified atom stereocenters. The van der Waals surface area contributed by atoms with Crippen molar-refractivity contribution in [2.45, 2.75) is 129 Å². The molecular formula is C45H58ClN5O10. The van der Waals surface area contributed by atoms with E-state index in [0.29, 0.717) is 24.1 Å². The SMILES string of the molecule is CC[C@H]1OC(=O)[C@H](C)C(=O)[C@H](C)[C@@H](O[C@@H]2O[C@H](C)C[C@H](N(C)C)[C@H]2O)[C@](C)(OCC#Cc2cc(-c3cc4ccccc4nc3Cl)no2)C[C@@H](C)C(=O)[C@H](C)[C@H]2NC(=O)N[C@@]21C. The Morgan fingerprint density at radius 1 is 1.03 bits per heavy atom. The van der Waals surface area contributed by atoms with Crippen LogP contribution in [0.5, 0.6) is 0 Å². The predicted molar refractivity (Wildman–Crippen MR) is 226 cm³/mol. The topological polar surface area (TPSA) is 192 Å². The number of urea groups is 1. The summed E-state index contributed by atoms with van der Waals surface area (Å²) in [6, 6.07) is 9.49. The Labute approximate surface area is 361 Å². The van der Waals surface area contributed by atoms with Crippen molar-refractivity contribution in [3.8, 4) is 23.1 Å². The first kappa shape index (κ1) is 46.1. The summed E-state index contributed by atoms with van der Waals surface area (Å²) in [7, 11) is 3.71. The van der Waals surface area contributed by atoms with Crippen molar-refractivity contribution in [2.24, 2.45) is 23.7 Å². The number of nitrogens with zero attached hydrogens (tertiary/aromatic N) is 3. The molecule has 16 heteroatoms. The van der Waals surface area contributed by atoms with Crippen LogP contribution in [0.3, 0.4) is 0 Å². The molecule has 1 aromatic carbocycles. The maximum Gasteiger partial charge on any atom is 0.316 e. The zero-order chi connectivity index (χ0) is 44.6. The van der Waals surface area contributed by atoms with Gasteiger partial charge in [-0.3, -0.25) is 14.4 Å². The van der Waals surface area contributed by atoms with Gasteiger partial charge in [0.05, 0.1) is 34.9 Å². The third-order valence-corrected chi connectivity index (χ3v) is 13.0. The van der Waals surface area contributed by atoms with Crippen LogP contribution in [0, 0.1) is 35.5 Å². The molecule has 13 atom stereocenters. The second-order valence-corrected chi connectivity index (χ2v) is 17.9. The number of esters is 1. The minimum Gasteiger partial charge on any atom is -0.459 e. The number of nitrogens with one attached hydrogen (secondary N) is 2. The standard InChI is InChI=1S/C45H58ClN5O10/c1-11-34-45(8)38(48-43(56)49-45)25(4)35(52)23(2)22-44(7,57-18-14-16-29-21-32(50-61-29)30-20-28-15-12-13-17-31(28)47-40(30)46)39(26(5)36(53)27(6)41(55)59-34)60-42-37(54)33(51(9)10)19-24(3)58-42/h12-13,15,17,20-21,23-27,33-34,37-39,42,54H,11,18-19,22H2,1-10H3,(H2,48,49,56)/t23-,24-,25+,26+,27-,33+,34-,37-,38-,39-,42+,44-,45-/m1/s1. The Morgan fingerprint density at radius 2 is 1.75 bits per heavy atom. The fourth-order valence-electron chi connectivity index (χ4n) is 9.33. The normalized spacial score (nSPS) is 35.1. The summed E-state index contributed by atoms with van der Waals surface area (Å²) in [5.41, 5.74) is -0.883. The number of halogens is 1. The van der Waals surface area contributed by atoms with Gasteiger partial charge in [0.1, 0.15) is 41.4 Å². The summed E-state index contributed by atoms with van der Waals surface area (Å²) >= 11 is 6.52. The van der Waals surface area contributed by atoms with E-state index in [-0.39, 0.29) is 41.9 Å². The minimum atomic E-state index is -1.47. The van der Waals surface area contributed by atoms with Crippen LogP contribution in [0.25, 0.3) is 22.2 Å². The Kier molecular flexibility index (Phi) is 14.0. The van der Waals surface area contributed by atoms with Crippen LogP contribution in [0.4, 0.5) is 4.79 Å². The van der Waals surface area contributed by atoms with E-state index in [4.69, 9.17) is 35.1 Å². The Hall–Kier alpha value is -4.43. The number of carbonyl (C=O) groups is 4. The summed E-state index contributed by atoms with van der Waals surface area (Å²) in [6.07, 6.45) is -3.84. The number of cyclic esters (lactones) is 1. The highest BCUT2D eigenvalue weighted by Gasteiger charge is 2.55. The van der Waals surface area contributed by atoms with Crippen LogP contribution in [0.1, 0.15) is 80.4 Å². The third kappa shape index (κ3) is 9.50. The molecule has 3 fully saturated rings. The number of benzene rings is 1. The second kappa shape index (κ2) is 18.5. The number of fused-ring (bicyclic) bond motifs is 2. The van der Waals surface area contributed by atoms with Gasteiger partial charge in [0.2, 0.25) is 5.76 Å². The van der Waals surface area contributed by atoms with Gasteiger partial charge in [-0.2, -0.15) is 0 Å². The number of para-hydroxylation sites is 1. The summed E-state index contributed by atoms with van der Waals surface area (Å²) in [6.45, 7) is 13.5. The van der Waals surface area contributed by atoms with Crippen molar-refractivity contribution in [2.75, 3.05) is 20.7 Å². The summed E-state index contributed by atoms with van der Waals surface area (Å²) in [5.74, 6) is 0.880. The third-order valence-electron chi connectivity index (χ3n) is 12.8. The van der Waals surface area contributed by atoms with E-state index in [2.05, 4.69) is 32.6 Å². The highest BCUT2D eigenvalue weighted by atomic mass is 35.5. The van der Waals surface area contributed by atoms with Gasteiger partial charge >= 0.3 is 12.0 Å². The quantitative estimate of drug-likeness (QED) is 0.120. The zero-order valence-corrected chi connectivity index (χ0v) is 37.2. The van der Waals surface area contributed by atoms with Gasteiger partial charge in [-0.1, -0.05) is 68.6 Å². The van der Waals surface area contributed by atoms with Crippen molar-refractivity contribution in [3.05, 3.63) is 47.3 Å². The second-order valence-electron chi connectivity index (χ2n) is 17.5. The van der Waals surface area contributed by atoms with Crippen molar-refractivity contribution in [1.82, 2.24) is 25.7 Å². The molecular weight excluding hydrogens is 806 g/mol. The predicted octanol–water partition coefficient (Wildman–Crippen LogP) is 5.33. The molecule has 61 heavy (non-hydrogen) atoms. The molecule has 330 valence electrons. The summed E-state index contributed by atoms with van der Waals surface area (Å²) < 4.78 is 31.2. The molecule has 3 aliphatic heterocycles. The van der Waals surface area contributed by atoms with Gasteiger partial charge in [-0.05, 0) is 79.1 Å². The lowest BCUT2D eigenvalue weighted by Gasteiger charge is -2.47. The van der Waals surface area contributed by atoms with Crippen molar-refractivity contribution < 1.29 is 47.8 Å². The van der Waals surface area contributed by atoms with Crippen molar-refractivity contribution in [1.29, 1.82) is 0 Å². The molecule has 3 aliphatic rings. The van der Waals surface area contributed by atoms with Gasteiger partial charge in [-0.15, -0.1) is 0 Å². The van der Waals surface area contributed by atoms with Crippen molar-refractivity contribution in [3.63, 3.8) is 0 Å². The molecule has 2 amide bonds. The van der Waals surface area contributed by atoms with Crippen LogP contribution >= 0.6 is 11.6 Å². The van der Waals surface area contributed by atoms with Crippen LogP contribution < -0.4 is 10.6 Å². The lowest BCUT2D eigenvalue weighted by atomic mass is 9.73. The van der Waals surface area contributed by atoms with Crippen LogP contribution in [-0.2, 0) is 33.3 Å². The van der Waals surface area contributed by atoms with E-state index in [1.54, 1.807) is 40.7 Å². The average molecular weight is 864 g/mol. The fraction of sp³-hybridized carbons (Fsp3) is 0.600. The van der Waals surface area contributed by atoms with Gasteiger partial charge in [0.15, 0.2) is 12.1 Å². The van der Waals surface area contributed by atoms with Crippen LogP contribution in [-0.4, -0.2) is 118 Å². The molecule has 0 saturated carbocycles. The number of pyridine rings is 1. The molecule has 0 aliphatic carbocycles. The lowest BCUT2D eigenvalue weighted by Crippen LogP contribution is -2.62. The first-order chi connectivity index (χ1) is 28.8. The van der Waals surface area contributed by atoms with E-state index in [1.165, 1.54) is 6.92 Å². The van der Waals surface area contributed by atoms with E-state index in [1.807, 2.05) is 63.2 Å². The average Bonchev–Trinajstić information content (AvgIpc) is 3.82. The number of hydrogen-bond donors (Lipinski definition) is 3. The highest BCUT2D eigenvalue weighted by Crippen LogP contribution is 2.39. The molecule has 3 aromatic rings. The molecule has 6 rings (SSSR count). The Bertz CT molecular complexity index is 2190. The van der Waals surface area contributed by atoms with Crippen molar-refractivity contribution >= 4 is 46.1 Å². The van der Waals surface area contributed by atoms with Gasteiger partial charge < -0.3 is 44.1 Å². The van der Waals surface area contributed by atoms with Crippen LogP contribution in [0.15, 0.2) is 40.9 Å². The van der Waals surface area contributed by atoms with E-state index in [0.717, 1.165) is 10.9 Å². The number of aliphatic hydroxyl groups excluding tert-OH is 1. The number of hydrogen-bond acceptors (Lipinski definition) is 13. The number of ketones is 2. The number of Topliss-reactive ketones (excluding diaryl/α,β-unsaturated/α-hetero) is 2. The maximum atomic E-state index is 14.5. The number of ether oxygens (including phenoxy) is 4. The summed E-state index contributed by atoms with van der Waals surface area (Å²) in [4.78, 5) is 62.2. The molecule has 0 spiro atoms. The van der Waals surface area contributed by atoms with Crippen LogP contribution in [0.2, 0.25) is 5.15 Å². The first-order valence-electron chi connectivity index (χ1n) is 20.9. The van der Waals surface area contributed by atoms with Gasteiger partial charge in [0, 0.05) is 40.8 Å². The minimum absolute atomic E-state index is 0.0242. The molecule has 5 heterocycles.